The molecule has 180 valence electrons. The van der Waals surface area contributed by atoms with E-state index in [2.05, 4.69) is 0 Å². The van der Waals surface area contributed by atoms with Crippen molar-refractivity contribution < 1.29 is 32.2 Å². The van der Waals surface area contributed by atoms with Crippen molar-refractivity contribution in [2.45, 2.75) is 64.5 Å². The molecule has 0 spiro atoms. The molecule has 7 heteroatoms. The smallest absolute Gasteiger partial charge is 0.416 e. The first-order chi connectivity index (χ1) is 15.8. The Bertz CT molecular complexity index is 940. The molecular formula is C26H31F3O4. The van der Waals surface area contributed by atoms with Crippen LogP contribution in [0.4, 0.5) is 13.2 Å². The number of ether oxygens (including phenoxy) is 3. The monoisotopic (exact) mass is 464 g/mol. The molecule has 4 nitrogen and oxygen atoms in total. The summed E-state index contributed by atoms with van der Waals surface area (Å²) in [4.78, 5) is 11.8. The van der Waals surface area contributed by atoms with Gasteiger partial charge in [-0.05, 0) is 79.1 Å². The minimum atomic E-state index is -4.36. The zero-order valence-electron chi connectivity index (χ0n) is 19.2. The van der Waals surface area contributed by atoms with Crippen LogP contribution in [0.2, 0.25) is 0 Å². The fraction of sp³-hybridized carbons (Fsp3) is 0.500. The molecule has 2 aromatic rings. The van der Waals surface area contributed by atoms with Crippen LogP contribution in [0, 0.1) is 0 Å². The second-order valence-corrected chi connectivity index (χ2v) is 8.23. The van der Waals surface area contributed by atoms with Gasteiger partial charge in [-0.15, -0.1) is 0 Å². The topological polar surface area (TPSA) is 44.8 Å². The summed E-state index contributed by atoms with van der Waals surface area (Å²) in [6.45, 7) is 4.92. The van der Waals surface area contributed by atoms with Gasteiger partial charge in [-0.1, -0.05) is 19.4 Å². The number of alkyl halides is 3. The van der Waals surface area contributed by atoms with Crippen LogP contribution >= 0.6 is 0 Å². The van der Waals surface area contributed by atoms with E-state index in [1.807, 2.05) is 32.0 Å². The van der Waals surface area contributed by atoms with E-state index in [-0.39, 0.29) is 11.9 Å². The van der Waals surface area contributed by atoms with Crippen molar-refractivity contribution in [2.75, 3.05) is 19.8 Å². The number of hydrogen-bond donors (Lipinski definition) is 0. The SMILES string of the molecule is CCCc1cc(C(F)(F)F)ccc1OCCCOc1ccc2c(c1)CC[C@H]2CC(=O)OCC. The maximum Gasteiger partial charge on any atom is 0.416 e. The molecule has 0 aromatic heterocycles. The van der Waals surface area contributed by atoms with Crippen LogP contribution < -0.4 is 9.47 Å². The fourth-order valence-electron chi connectivity index (χ4n) is 4.20. The van der Waals surface area contributed by atoms with Crippen LogP contribution in [0.25, 0.3) is 0 Å². The molecule has 3 rings (SSSR count). The zero-order chi connectivity index (χ0) is 23.8. The number of fused-ring (bicyclic) bond motifs is 1. The normalized spacial score (nSPS) is 15.2. The molecule has 0 saturated heterocycles. The lowest BCUT2D eigenvalue weighted by Crippen LogP contribution is -2.09. The fourth-order valence-corrected chi connectivity index (χ4v) is 4.20. The summed E-state index contributed by atoms with van der Waals surface area (Å²) in [5, 5.41) is 0. The summed E-state index contributed by atoms with van der Waals surface area (Å²) in [7, 11) is 0. The summed E-state index contributed by atoms with van der Waals surface area (Å²) in [5.74, 6) is 1.30. The van der Waals surface area contributed by atoms with Crippen molar-refractivity contribution in [3.63, 3.8) is 0 Å². The summed E-state index contributed by atoms with van der Waals surface area (Å²) >= 11 is 0. The second kappa shape index (κ2) is 11.4. The molecule has 0 fully saturated rings. The molecule has 1 aliphatic carbocycles. The number of carbonyl (C=O) groups is 1. The minimum Gasteiger partial charge on any atom is -0.493 e. The van der Waals surface area contributed by atoms with Gasteiger partial charge in [0.1, 0.15) is 11.5 Å². The van der Waals surface area contributed by atoms with E-state index in [0.717, 1.165) is 31.1 Å². The van der Waals surface area contributed by atoms with Gasteiger partial charge < -0.3 is 14.2 Å². The quantitative estimate of drug-likeness (QED) is 0.282. The first-order valence-electron chi connectivity index (χ1n) is 11.6. The Hall–Kier alpha value is -2.70. The lowest BCUT2D eigenvalue weighted by molar-refractivity contribution is -0.143. The van der Waals surface area contributed by atoms with Crippen LogP contribution in [-0.2, 0) is 28.5 Å². The van der Waals surface area contributed by atoms with E-state index >= 15 is 0 Å². The average Bonchev–Trinajstić information content (AvgIpc) is 3.16. The molecule has 0 bridgehead atoms. The van der Waals surface area contributed by atoms with E-state index in [1.165, 1.54) is 23.3 Å². The maximum absolute atomic E-state index is 13.0. The summed E-state index contributed by atoms with van der Waals surface area (Å²) in [6, 6.07) is 9.61. The molecule has 1 atom stereocenters. The van der Waals surface area contributed by atoms with Crippen LogP contribution in [0.5, 0.6) is 11.5 Å². The number of esters is 1. The van der Waals surface area contributed by atoms with E-state index in [1.54, 1.807) is 0 Å². The van der Waals surface area contributed by atoms with Crippen LogP contribution in [0.3, 0.4) is 0 Å². The van der Waals surface area contributed by atoms with E-state index in [4.69, 9.17) is 14.2 Å². The molecule has 0 radical (unpaired) electrons. The third-order valence-electron chi connectivity index (χ3n) is 5.76. The summed E-state index contributed by atoms with van der Waals surface area (Å²) in [5.41, 5.74) is 2.31. The van der Waals surface area contributed by atoms with Crippen molar-refractivity contribution in [1.82, 2.24) is 0 Å². The summed E-state index contributed by atoms with van der Waals surface area (Å²) < 4.78 is 55.6. The number of rotatable bonds is 11. The van der Waals surface area contributed by atoms with Gasteiger partial charge in [0.2, 0.25) is 0 Å². The molecule has 1 aliphatic rings. The minimum absolute atomic E-state index is 0.161. The number of carbonyl (C=O) groups excluding carboxylic acids is 1. The third-order valence-corrected chi connectivity index (χ3v) is 5.76. The standard InChI is InChI=1S/C26H31F3O4/c1-3-6-20-15-21(26(27,28)29)9-12-24(20)33-14-5-13-32-22-10-11-23-18(16-22)7-8-19(23)17-25(30)31-4-2/h9-12,15-16,19H,3-8,13-14,17H2,1-2H3/t19-/m0/s1. The number of halogens is 3. The second-order valence-electron chi connectivity index (χ2n) is 8.23. The molecule has 0 unspecified atom stereocenters. The van der Waals surface area contributed by atoms with Gasteiger partial charge in [0.25, 0.3) is 0 Å². The van der Waals surface area contributed by atoms with Crippen LogP contribution in [0.1, 0.15) is 67.7 Å². The molecule has 2 aromatic carbocycles. The van der Waals surface area contributed by atoms with Crippen molar-refractivity contribution in [3.8, 4) is 11.5 Å². The van der Waals surface area contributed by atoms with Crippen molar-refractivity contribution in [2.24, 2.45) is 0 Å². The molecule has 0 amide bonds. The van der Waals surface area contributed by atoms with Gasteiger partial charge in [-0.2, -0.15) is 13.2 Å². The third kappa shape index (κ3) is 6.89. The Morgan fingerprint density at radius 3 is 2.58 bits per heavy atom. The Kier molecular flexibility index (Phi) is 8.64. The Morgan fingerprint density at radius 2 is 1.85 bits per heavy atom. The first-order valence-corrected chi connectivity index (χ1v) is 11.6. The zero-order valence-corrected chi connectivity index (χ0v) is 19.2. The molecule has 0 saturated carbocycles. The van der Waals surface area contributed by atoms with E-state index in [0.29, 0.717) is 50.4 Å². The largest absolute Gasteiger partial charge is 0.493 e. The number of hydrogen-bond acceptors (Lipinski definition) is 4. The van der Waals surface area contributed by atoms with Gasteiger partial charge in [0.15, 0.2) is 0 Å². The Balaban J connectivity index is 1.48. The summed E-state index contributed by atoms with van der Waals surface area (Å²) in [6.07, 6.45) is -0.241. The predicted molar refractivity (Wildman–Crippen MR) is 120 cm³/mol. The highest BCUT2D eigenvalue weighted by atomic mass is 19.4. The van der Waals surface area contributed by atoms with Gasteiger partial charge in [0, 0.05) is 6.42 Å². The van der Waals surface area contributed by atoms with Crippen molar-refractivity contribution in [1.29, 1.82) is 0 Å². The number of benzene rings is 2. The maximum atomic E-state index is 13.0. The van der Waals surface area contributed by atoms with Gasteiger partial charge in [0.05, 0.1) is 31.8 Å². The van der Waals surface area contributed by atoms with Gasteiger partial charge in [-0.3, -0.25) is 4.79 Å². The average molecular weight is 465 g/mol. The van der Waals surface area contributed by atoms with E-state index in [9.17, 15) is 18.0 Å². The van der Waals surface area contributed by atoms with Crippen molar-refractivity contribution >= 4 is 5.97 Å². The lowest BCUT2D eigenvalue weighted by atomic mass is 9.98. The molecule has 0 heterocycles. The van der Waals surface area contributed by atoms with Gasteiger partial charge in [-0.25, -0.2) is 0 Å². The predicted octanol–water partition coefficient (Wildman–Crippen LogP) is 6.49. The number of aryl methyl sites for hydroxylation is 2. The lowest BCUT2D eigenvalue weighted by Gasteiger charge is -2.15. The molecular weight excluding hydrogens is 433 g/mol. The highest BCUT2D eigenvalue weighted by molar-refractivity contribution is 5.71. The molecule has 0 N–H and O–H groups in total. The van der Waals surface area contributed by atoms with E-state index < -0.39 is 11.7 Å². The highest BCUT2D eigenvalue weighted by Gasteiger charge is 2.31. The van der Waals surface area contributed by atoms with Crippen molar-refractivity contribution in [3.05, 3.63) is 58.7 Å². The first kappa shape index (κ1) is 24.9. The highest BCUT2D eigenvalue weighted by Crippen LogP contribution is 2.37. The van der Waals surface area contributed by atoms with Crippen LogP contribution in [-0.4, -0.2) is 25.8 Å². The van der Waals surface area contributed by atoms with Gasteiger partial charge >= 0.3 is 12.1 Å². The Labute approximate surface area is 193 Å². The molecule has 0 aliphatic heterocycles. The Morgan fingerprint density at radius 1 is 1.06 bits per heavy atom. The van der Waals surface area contributed by atoms with Crippen LogP contribution in [0.15, 0.2) is 36.4 Å². The molecule has 33 heavy (non-hydrogen) atoms.